The fourth-order valence-corrected chi connectivity index (χ4v) is 1.21. The fourth-order valence-electron chi connectivity index (χ4n) is 1.08. The van der Waals surface area contributed by atoms with Crippen LogP contribution < -0.4 is 5.73 Å². The zero-order chi connectivity index (χ0) is 12.2. The van der Waals surface area contributed by atoms with Crippen molar-refractivity contribution in [3.8, 4) is 0 Å². The van der Waals surface area contributed by atoms with Crippen molar-refractivity contribution in [3.05, 3.63) is 40.9 Å². The topological polar surface area (TPSA) is 38.4 Å². The molecule has 0 radical (unpaired) electrons. The third-order valence-corrected chi connectivity index (χ3v) is 2.15. The summed E-state index contributed by atoms with van der Waals surface area (Å²) in [7, 11) is 0. The quantitative estimate of drug-likeness (QED) is 0.785. The van der Waals surface area contributed by atoms with Gasteiger partial charge in [-0.2, -0.15) is 0 Å². The highest BCUT2D eigenvalue weighted by molar-refractivity contribution is 6.30. The van der Waals surface area contributed by atoms with Crippen molar-refractivity contribution in [1.82, 2.24) is 0 Å². The summed E-state index contributed by atoms with van der Waals surface area (Å²) in [5.74, 6) is 0. The molecule has 2 N–H and O–H groups in total. The average Bonchev–Trinajstić information content (AvgIpc) is 2.16. The molecule has 0 fully saturated rings. The van der Waals surface area contributed by atoms with E-state index in [4.69, 9.17) is 17.3 Å². The molecule has 1 aromatic rings. The molecule has 0 amide bonds. The zero-order valence-corrected chi connectivity index (χ0v) is 10.6. The van der Waals surface area contributed by atoms with Crippen molar-refractivity contribution in [2.75, 3.05) is 0 Å². The maximum absolute atomic E-state index is 5.90. The molecule has 0 spiro atoms. The predicted molar refractivity (Wildman–Crippen MR) is 71.9 cm³/mol. The van der Waals surface area contributed by atoms with Crippen molar-refractivity contribution >= 4 is 23.5 Å². The van der Waals surface area contributed by atoms with E-state index in [9.17, 15) is 0 Å². The predicted octanol–water partition coefficient (Wildman–Crippen LogP) is 3.51. The minimum Gasteiger partial charge on any atom is -0.398 e. The first-order valence-corrected chi connectivity index (χ1v) is 5.53. The molecule has 0 unspecified atom stereocenters. The summed E-state index contributed by atoms with van der Waals surface area (Å²) >= 11 is 5.79. The summed E-state index contributed by atoms with van der Waals surface area (Å²) in [6, 6.07) is 7.41. The molecule has 0 aliphatic rings. The van der Waals surface area contributed by atoms with Gasteiger partial charge in [0.2, 0.25) is 0 Å². The Kier molecular flexibility index (Phi) is 4.13. The van der Waals surface area contributed by atoms with Crippen molar-refractivity contribution in [3.63, 3.8) is 0 Å². The Morgan fingerprint density at radius 2 is 1.81 bits per heavy atom. The molecular weight excluding hydrogens is 220 g/mol. The monoisotopic (exact) mass is 236 g/mol. The van der Waals surface area contributed by atoms with E-state index in [1.54, 1.807) is 12.3 Å². The van der Waals surface area contributed by atoms with Crippen LogP contribution in [0, 0.1) is 0 Å². The normalized spacial score (nSPS) is 13.4. The second kappa shape index (κ2) is 5.17. The summed E-state index contributed by atoms with van der Waals surface area (Å²) in [6.45, 7) is 6.11. The van der Waals surface area contributed by atoms with Gasteiger partial charge in [0.15, 0.2) is 0 Å². The van der Waals surface area contributed by atoms with Crippen LogP contribution in [0.5, 0.6) is 0 Å². The maximum atomic E-state index is 5.90. The van der Waals surface area contributed by atoms with E-state index in [0.717, 1.165) is 5.56 Å². The highest BCUT2D eigenvalue weighted by Gasteiger charge is 2.03. The lowest BCUT2D eigenvalue weighted by Gasteiger charge is -2.09. The Morgan fingerprint density at radius 3 is 2.31 bits per heavy atom. The van der Waals surface area contributed by atoms with E-state index in [1.807, 2.05) is 45.0 Å². The third-order valence-electron chi connectivity index (χ3n) is 1.89. The standard InChI is InChI=1S/C13H17ClN2/c1-13(2,3)16-9-8-12(15)10-4-6-11(14)7-5-10/h4-9H,15H2,1-3H3/b12-8-,16-9?. The number of benzene rings is 1. The van der Waals surface area contributed by atoms with Crippen LogP contribution in [0.25, 0.3) is 5.70 Å². The fraction of sp³-hybridized carbons (Fsp3) is 0.308. The van der Waals surface area contributed by atoms with Crippen molar-refractivity contribution in [2.45, 2.75) is 26.3 Å². The minimum absolute atomic E-state index is 0.0726. The number of aliphatic imine (C=N–C) groups is 1. The highest BCUT2D eigenvalue weighted by Crippen LogP contribution is 2.13. The number of halogens is 1. The van der Waals surface area contributed by atoms with E-state index in [-0.39, 0.29) is 5.54 Å². The molecular formula is C13H17ClN2. The smallest absolute Gasteiger partial charge is 0.0524 e. The van der Waals surface area contributed by atoms with Crippen LogP contribution in [0.15, 0.2) is 35.3 Å². The lowest BCUT2D eigenvalue weighted by atomic mass is 10.1. The summed E-state index contributed by atoms with van der Waals surface area (Å²) < 4.78 is 0. The van der Waals surface area contributed by atoms with Crippen molar-refractivity contribution in [1.29, 1.82) is 0 Å². The van der Waals surface area contributed by atoms with Gasteiger partial charge in [-0.3, -0.25) is 4.99 Å². The number of hydrogen-bond donors (Lipinski definition) is 1. The van der Waals surface area contributed by atoms with E-state index < -0.39 is 0 Å². The molecule has 86 valence electrons. The first kappa shape index (κ1) is 12.8. The van der Waals surface area contributed by atoms with Gasteiger partial charge < -0.3 is 5.73 Å². The number of allylic oxidation sites excluding steroid dienone is 1. The van der Waals surface area contributed by atoms with Gasteiger partial charge >= 0.3 is 0 Å². The Bertz CT molecular complexity index is 397. The molecule has 1 rings (SSSR count). The second-order valence-electron chi connectivity index (χ2n) is 4.58. The molecule has 1 aromatic carbocycles. The summed E-state index contributed by atoms with van der Waals surface area (Å²) in [6.07, 6.45) is 3.54. The lowest BCUT2D eigenvalue weighted by molar-refractivity contribution is 0.587. The number of rotatable bonds is 2. The highest BCUT2D eigenvalue weighted by atomic mass is 35.5. The Labute approximate surface area is 102 Å². The first-order chi connectivity index (χ1) is 7.38. The number of nitrogens with zero attached hydrogens (tertiary/aromatic N) is 1. The molecule has 0 saturated heterocycles. The van der Waals surface area contributed by atoms with Gasteiger partial charge in [0, 0.05) is 16.9 Å². The summed E-state index contributed by atoms with van der Waals surface area (Å²) in [5, 5.41) is 0.708. The van der Waals surface area contributed by atoms with E-state index in [1.165, 1.54) is 0 Å². The molecule has 0 bridgehead atoms. The third kappa shape index (κ3) is 4.49. The maximum Gasteiger partial charge on any atom is 0.0524 e. The molecule has 16 heavy (non-hydrogen) atoms. The van der Waals surface area contributed by atoms with Gasteiger partial charge in [-0.25, -0.2) is 0 Å². The van der Waals surface area contributed by atoms with E-state index in [0.29, 0.717) is 10.7 Å². The Morgan fingerprint density at radius 1 is 1.25 bits per heavy atom. The van der Waals surface area contributed by atoms with Crippen LogP contribution in [-0.2, 0) is 0 Å². The Balaban J connectivity index is 2.78. The van der Waals surface area contributed by atoms with E-state index >= 15 is 0 Å². The minimum atomic E-state index is -0.0726. The van der Waals surface area contributed by atoms with Gasteiger partial charge in [0.25, 0.3) is 0 Å². The molecule has 0 aliphatic heterocycles. The van der Waals surface area contributed by atoms with Gasteiger partial charge in [-0.05, 0) is 44.5 Å². The van der Waals surface area contributed by atoms with Crippen LogP contribution in [-0.4, -0.2) is 11.8 Å². The van der Waals surface area contributed by atoms with Gasteiger partial charge in [-0.15, -0.1) is 0 Å². The van der Waals surface area contributed by atoms with Gasteiger partial charge in [-0.1, -0.05) is 23.7 Å². The van der Waals surface area contributed by atoms with Crippen LogP contribution >= 0.6 is 11.6 Å². The van der Waals surface area contributed by atoms with Crippen molar-refractivity contribution in [2.24, 2.45) is 10.7 Å². The second-order valence-corrected chi connectivity index (χ2v) is 5.01. The van der Waals surface area contributed by atoms with Crippen LogP contribution in [0.3, 0.4) is 0 Å². The van der Waals surface area contributed by atoms with Gasteiger partial charge in [0.1, 0.15) is 0 Å². The molecule has 0 saturated carbocycles. The molecule has 3 heteroatoms. The zero-order valence-electron chi connectivity index (χ0n) is 9.87. The van der Waals surface area contributed by atoms with Crippen molar-refractivity contribution < 1.29 is 0 Å². The van der Waals surface area contributed by atoms with Gasteiger partial charge in [0.05, 0.1) is 5.54 Å². The SMILES string of the molecule is CC(C)(C)N=C/C=C(\N)c1ccc(Cl)cc1. The molecule has 0 aliphatic carbocycles. The summed E-state index contributed by atoms with van der Waals surface area (Å²) in [4.78, 5) is 4.33. The molecule has 0 aromatic heterocycles. The first-order valence-electron chi connectivity index (χ1n) is 5.15. The Hall–Kier alpha value is -1.28. The van der Waals surface area contributed by atoms with E-state index in [2.05, 4.69) is 4.99 Å². The van der Waals surface area contributed by atoms with Crippen LogP contribution in [0.2, 0.25) is 5.02 Å². The average molecular weight is 237 g/mol. The van der Waals surface area contributed by atoms with Crippen LogP contribution in [0.1, 0.15) is 26.3 Å². The lowest BCUT2D eigenvalue weighted by Crippen LogP contribution is -2.09. The molecule has 0 atom stereocenters. The largest absolute Gasteiger partial charge is 0.398 e. The molecule has 0 heterocycles. The summed E-state index contributed by atoms with van der Waals surface area (Å²) in [5.41, 5.74) is 7.46. The number of nitrogens with two attached hydrogens (primary N) is 1. The number of hydrogen-bond acceptors (Lipinski definition) is 2. The van der Waals surface area contributed by atoms with Crippen LogP contribution in [0.4, 0.5) is 0 Å². The molecule has 2 nitrogen and oxygen atoms in total.